The molecule has 1 aromatic heterocycles. The Hall–Kier alpha value is -0.870. The number of aromatic nitrogens is 2. The van der Waals surface area contributed by atoms with E-state index in [-0.39, 0.29) is 0 Å². The molecule has 0 atom stereocenters. The van der Waals surface area contributed by atoms with Gasteiger partial charge >= 0.3 is 0 Å². The first-order valence-corrected chi connectivity index (χ1v) is 7.05. The van der Waals surface area contributed by atoms with Gasteiger partial charge < -0.3 is 10.2 Å². The molecule has 18 heavy (non-hydrogen) atoms. The Kier molecular flexibility index (Phi) is 6.98. The summed E-state index contributed by atoms with van der Waals surface area (Å²) in [4.78, 5) is 2.39. The smallest absolute Gasteiger partial charge is 0.0534 e. The minimum Gasteiger partial charge on any atom is -0.313 e. The molecule has 0 amide bonds. The Labute approximate surface area is 111 Å². The number of rotatable bonds is 9. The van der Waals surface area contributed by atoms with Crippen molar-refractivity contribution in [2.24, 2.45) is 0 Å². The van der Waals surface area contributed by atoms with Crippen LogP contribution in [0.3, 0.4) is 0 Å². The van der Waals surface area contributed by atoms with E-state index in [0.29, 0.717) is 6.04 Å². The predicted octanol–water partition coefficient (Wildman–Crippen LogP) is 2.11. The number of hydrogen-bond acceptors (Lipinski definition) is 3. The van der Waals surface area contributed by atoms with E-state index in [2.05, 4.69) is 49.3 Å². The molecular formula is C14H28N4. The van der Waals surface area contributed by atoms with Crippen molar-refractivity contribution < 1.29 is 0 Å². The van der Waals surface area contributed by atoms with E-state index in [4.69, 9.17) is 0 Å². The molecule has 1 rings (SSSR count). The van der Waals surface area contributed by atoms with Crippen molar-refractivity contribution in [1.29, 1.82) is 0 Å². The largest absolute Gasteiger partial charge is 0.313 e. The highest BCUT2D eigenvalue weighted by Gasteiger charge is 2.01. The molecule has 0 unspecified atom stereocenters. The third kappa shape index (κ3) is 5.65. The van der Waals surface area contributed by atoms with Gasteiger partial charge in [0.05, 0.1) is 6.20 Å². The standard InChI is InChI=1S/C14H28N4/c1-5-18-12-14(11-16-18)10-15-8-6-7-9-17(4)13(2)3/h11-13,15H,5-10H2,1-4H3. The molecule has 1 heterocycles. The van der Waals surface area contributed by atoms with E-state index in [0.717, 1.165) is 19.6 Å². The van der Waals surface area contributed by atoms with Crippen LogP contribution in [-0.4, -0.2) is 40.9 Å². The fourth-order valence-electron chi connectivity index (χ4n) is 1.77. The van der Waals surface area contributed by atoms with Crippen LogP contribution in [-0.2, 0) is 13.1 Å². The lowest BCUT2D eigenvalue weighted by Crippen LogP contribution is -2.27. The maximum atomic E-state index is 4.26. The second-order valence-corrected chi connectivity index (χ2v) is 5.16. The summed E-state index contributed by atoms with van der Waals surface area (Å²) in [5.41, 5.74) is 1.27. The Morgan fingerprint density at radius 2 is 2.17 bits per heavy atom. The van der Waals surface area contributed by atoms with Crippen molar-refractivity contribution in [3.63, 3.8) is 0 Å². The molecule has 0 spiro atoms. The van der Waals surface area contributed by atoms with E-state index in [1.54, 1.807) is 0 Å². The molecule has 4 nitrogen and oxygen atoms in total. The van der Waals surface area contributed by atoms with Crippen molar-refractivity contribution in [1.82, 2.24) is 20.0 Å². The van der Waals surface area contributed by atoms with Gasteiger partial charge in [-0.15, -0.1) is 0 Å². The van der Waals surface area contributed by atoms with Crippen molar-refractivity contribution in [3.05, 3.63) is 18.0 Å². The number of nitrogens with one attached hydrogen (secondary N) is 1. The topological polar surface area (TPSA) is 33.1 Å². The Bertz CT molecular complexity index is 319. The second-order valence-electron chi connectivity index (χ2n) is 5.16. The van der Waals surface area contributed by atoms with Crippen molar-refractivity contribution in [2.45, 2.75) is 52.7 Å². The molecule has 0 bridgehead atoms. The number of hydrogen-bond donors (Lipinski definition) is 1. The van der Waals surface area contributed by atoms with Crippen LogP contribution < -0.4 is 5.32 Å². The highest BCUT2D eigenvalue weighted by molar-refractivity contribution is 5.02. The number of aryl methyl sites for hydroxylation is 1. The third-order valence-corrected chi connectivity index (χ3v) is 3.34. The number of nitrogens with zero attached hydrogens (tertiary/aromatic N) is 3. The quantitative estimate of drug-likeness (QED) is 0.683. The molecule has 104 valence electrons. The molecule has 1 N–H and O–H groups in total. The van der Waals surface area contributed by atoms with E-state index < -0.39 is 0 Å². The minimum atomic E-state index is 0.651. The normalized spacial score (nSPS) is 11.7. The summed E-state index contributed by atoms with van der Waals surface area (Å²) in [6, 6.07) is 0.651. The van der Waals surface area contributed by atoms with Crippen LogP contribution in [0.15, 0.2) is 12.4 Å². The molecule has 0 saturated carbocycles. The first-order chi connectivity index (χ1) is 8.63. The van der Waals surface area contributed by atoms with Gasteiger partial charge in [0.1, 0.15) is 0 Å². The lowest BCUT2D eigenvalue weighted by Gasteiger charge is -2.20. The first-order valence-electron chi connectivity index (χ1n) is 7.05. The summed E-state index contributed by atoms with van der Waals surface area (Å²) >= 11 is 0. The van der Waals surface area contributed by atoms with Gasteiger partial charge in [-0.05, 0) is 53.8 Å². The van der Waals surface area contributed by atoms with Gasteiger partial charge in [0.2, 0.25) is 0 Å². The average molecular weight is 252 g/mol. The molecule has 1 aromatic rings. The summed E-state index contributed by atoms with van der Waals surface area (Å²) in [5.74, 6) is 0. The molecule has 4 heteroatoms. The van der Waals surface area contributed by atoms with Gasteiger partial charge in [-0.1, -0.05) is 0 Å². The molecule has 0 radical (unpaired) electrons. The zero-order chi connectivity index (χ0) is 13.4. The van der Waals surface area contributed by atoms with Crippen molar-refractivity contribution in [3.8, 4) is 0 Å². The first kappa shape index (κ1) is 15.2. The van der Waals surface area contributed by atoms with Gasteiger partial charge in [-0.3, -0.25) is 4.68 Å². The summed E-state index contributed by atoms with van der Waals surface area (Å²) in [5, 5.41) is 7.73. The fraction of sp³-hybridized carbons (Fsp3) is 0.786. The molecule has 0 aliphatic carbocycles. The summed E-state index contributed by atoms with van der Waals surface area (Å²) in [6.45, 7) is 10.7. The second kappa shape index (κ2) is 8.27. The molecule has 0 aromatic carbocycles. The van der Waals surface area contributed by atoms with Crippen LogP contribution in [0.1, 0.15) is 39.2 Å². The van der Waals surface area contributed by atoms with Gasteiger partial charge in [0.25, 0.3) is 0 Å². The van der Waals surface area contributed by atoms with Crippen LogP contribution in [0.2, 0.25) is 0 Å². The number of unbranched alkanes of at least 4 members (excludes halogenated alkanes) is 1. The SMILES string of the molecule is CCn1cc(CNCCCCN(C)C(C)C)cn1. The molecule has 0 fully saturated rings. The van der Waals surface area contributed by atoms with Gasteiger partial charge in [-0.2, -0.15) is 5.10 Å². The van der Waals surface area contributed by atoms with Gasteiger partial charge in [-0.25, -0.2) is 0 Å². The molecule has 0 aliphatic heterocycles. The zero-order valence-electron chi connectivity index (χ0n) is 12.3. The fourth-order valence-corrected chi connectivity index (χ4v) is 1.77. The van der Waals surface area contributed by atoms with E-state index in [1.165, 1.54) is 24.9 Å². The van der Waals surface area contributed by atoms with Crippen molar-refractivity contribution >= 4 is 0 Å². The van der Waals surface area contributed by atoms with E-state index in [1.807, 2.05) is 10.9 Å². The highest BCUT2D eigenvalue weighted by atomic mass is 15.3. The minimum absolute atomic E-state index is 0.651. The third-order valence-electron chi connectivity index (χ3n) is 3.34. The predicted molar refractivity (Wildman–Crippen MR) is 76.6 cm³/mol. The Morgan fingerprint density at radius 1 is 1.39 bits per heavy atom. The highest BCUT2D eigenvalue weighted by Crippen LogP contribution is 1.99. The van der Waals surface area contributed by atoms with Crippen LogP contribution in [0, 0.1) is 0 Å². The maximum absolute atomic E-state index is 4.26. The zero-order valence-corrected chi connectivity index (χ0v) is 12.3. The summed E-state index contributed by atoms with van der Waals surface area (Å²) < 4.78 is 1.97. The van der Waals surface area contributed by atoms with Crippen LogP contribution >= 0.6 is 0 Å². The molecule has 0 saturated heterocycles. The van der Waals surface area contributed by atoms with Gasteiger partial charge in [0, 0.05) is 30.9 Å². The lowest BCUT2D eigenvalue weighted by molar-refractivity contribution is 0.268. The summed E-state index contributed by atoms with van der Waals surface area (Å²) in [6.07, 6.45) is 6.55. The molecule has 0 aliphatic rings. The summed E-state index contributed by atoms with van der Waals surface area (Å²) in [7, 11) is 2.19. The maximum Gasteiger partial charge on any atom is 0.0534 e. The van der Waals surface area contributed by atoms with Crippen LogP contribution in [0.25, 0.3) is 0 Å². The van der Waals surface area contributed by atoms with Crippen molar-refractivity contribution in [2.75, 3.05) is 20.1 Å². The van der Waals surface area contributed by atoms with Crippen LogP contribution in [0.4, 0.5) is 0 Å². The van der Waals surface area contributed by atoms with E-state index in [9.17, 15) is 0 Å². The average Bonchev–Trinajstić information content (AvgIpc) is 2.81. The Balaban J connectivity index is 2.02. The van der Waals surface area contributed by atoms with Crippen LogP contribution in [0.5, 0.6) is 0 Å². The molecular weight excluding hydrogens is 224 g/mol. The monoisotopic (exact) mass is 252 g/mol. The lowest BCUT2D eigenvalue weighted by atomic mass is 10.2. The van der Waals surface area contributed by atoms with Gasteiger partial charge in [0.15, 0.2) is 0 Å². The Morgan fingerprint density at radius 3 is 2.78 bits per heavy atom. The van der Waals surface area contributed by atoms with E-state index >= 15 is 0 Å².